The number of likely N-dealkylation sites (N-methyl/N-ethyl adjacent to an activating group) is 1. The molecule has 1 aliphatic rings. The lowest BCUT2D eigenvalue weighted by atomic mass is 10.1. The molecule has 1 aromatic rings. The van der Waals surface area contributed by atoms with E-state index in [4.69, 9.17) is 5.11 Å². The molecule has 1 aromatic carbocycles. The molecule has 1 N–H and O–H groups in total. The number of carboxylic acids is 1. The molecule has 0 spiro atoms. The standard InChI is InChI=1S/C15H20N2O3.ClH/c1-16(9-12-5-3-2-4-6-12)14(18)11-17-8-7-13(10-17)15(19)20;/h2-6,13H,7-11H2,1H3,(H,19,20);1H. The third-order valence-corrected chi connectivity index (χ3v) is 3.67. The number of carbonyl (C=O) groups is 2. The molecule has 6 heteroatoms. The van der Waals surface area contributed by atoms with Crippen LogP contribution >= 0.6 is 12.4 Å². The van der Waals surface area contributed by atoms with E-state index in [-0.39, 0.29) is 24.2 Å². The number of carbonyl (C=O) groups excluding carboxylic acids is 1. The van der Waals surface area contributed by atoms with E-state index in [2.05, 4.69) is 0 Å². The number of amides is 1. The Balaban J connectivity index is 0.00000220. The second-order valence-electron chi connectivity index (χ2n) is 5.29. The zero-order valence-electron chi connectivity index (χ0n) is 12.1. The largest absolute Gasteiger partial charge is 0.481 e. The number of rotatable bonds is 5. The fraction of sp³-hybridized carbons (Fsp3) is 0.467. The van der Waals surface area contributed by atoms with Crippen LogP contribution in [-0.2, 0) is 16.1 Å². The van der Waals surface area contributed by atoms with Crippen LogP contribution in [0, 0.1) is 5.92 Å². The Morgan fingerprint density at radius 1 is 1.33 bits per heavy atom. The molecule has 1 saturated heterocycles. The summed E-state index contributed by atoms with van der Waals surface area (Å²) in [5.74, 6) is -1.07. The lowest BCUT2D eigenvalue weighted by molar-refractivity contribution is -0.141. The fourth-order valence-corrected chi connectivity index (χ4v) is 2.44. The van der Waals surface area contributed by atoms with Crippen molar-refractivity contribution in [1.29, 1.82) is 0 Å². The monoisotopic (exact) mass is 312 g/mol. The molecular formula is C15H21ClN2O3. The van der Waals surface area contributed by atoms with E-state index >= 15 is 0 Å². The van der Waals surface area contributed by atoms with Crippen molar-refractivity contribution in [2.24, 2.45) is 5.92 Å². The van der Waals surface area contributed by atoms with Crippen molar-refractivity contribution < 1.29 is 14.7 Å². The van der Waals surface area contributed by atoms with Crippen molar-refractivity contribution in [3.8, 4) is 0 Å². The van der Waals surface area contributed by atoms with Gasteiger partial charge in [-0.3, -0.25) is 14.5 Å². The highest BCUT2D eigenvalue weighted by atomic mass is 35.5. The van der Waals surface area contributed by atoms with Crippen LogP contribution in [0.4, 0.5) is 0 Å². The molecule has 2 rings (SSSR count). The first kappa shape index (κ1) is 17.5. The summed E-state index contributed by atoms with van der Waals surface area (Å²) in [5.41, 5.74) is 1.09. The quantitative estimate of drug-likeness (QED) is 0.894. The van der Waals surface area contributed by atoms with E-state index in [1.807, 2.05) is 35.2 Å². The number of halogens is 1. The summed E-state index contributed by atoms with van der Waals surface area (Å²) in [6.07, 6.45) is 0.630. The Labute approximate surface area is 131 Å². The van der Waals surface area contributed by atoms with Gasteiger partial charge in [0.1, 0.15) is 0 Å². The van der Waals surface area contributed by atoms with Gasteiger partial charge in [0, 0.05) is 20.1 Å². The van der Waals surface area contributed by atoms with Crippen LogP contribution in [0.1, 0.15) is 12.0 Å². The average Bonchev–Trinajstić information content (AvgIpc) is 2.88. The Bertz CT molecular complexity index is 481. The van der Waals surface area contributed by atoms with Gasteiger partial charge in [0.15, 0.2) is 0 Å². The van der Waals surface area contributed by atoms with Crippen LogP contribution in [0.3, 0.4) is 0 Å². The SMILES string of the molecule is CN(Cc1ccccc1)C(=O)CN1CCC(C(=O)O)C1.Cl. The second-order valence-corrected chi connectivity index (χ2v) is 5.29. The fourth-order valence-electron chi connectivity index (χ4n) is 2.44. The van der Waals surface area contributed by atoms with E-state index in [1.54, 1.807) is 11.9 Å². The van der Waals surface area contributed by atoms with Gasteiger partial charge in [0.05, 0.1) is 12.5 Å². The first-order valence-electron chi connectivity index (χ1n) is 6.79. The van der Waals surface area contributed by atoms with Gasteiger partial charge < -0.3 is 10.0 Å². The van der Waals surface area contributed by atoms with Gasteiger partial charge in [0.2, 0.25) is 5.91 Å². The third-order valence-electron chi connectivity index (χ3n) is 3.67. The number of aliphatic carboxylic acids is 1. The third kappa shape index (κ3) is 5.02. The Morgan fingerprint density at radius 2 is 2.00 bits per heavy atom. The number of benzene rings is 1. The predicted octanol–water partition coefficient (Wildman–Crippen LogP) is 1.47. The molecule has 0 saturated carbocycles. The van der Waals surface area contributed by atoms with Gasteiger partial charge in [-0.2, -0.15) is 0 Å². The first-order chi connectivity index (χ1) is 9.56. The van der Waals surface area contributed by atoms with Crippen LogP contribution < -0.4 is 0 Å². The van der Waals surface area contributed by atoms with Gasteiger partial charge >= 0.3 is 5.97 Å². The summed E-state index contributed by atoms with van der Waals surface area (Å²) in [7, 11) is 1.78. The summed E-state index contributed by atoms with van der Waals surface area (Å²) in [6, 6.07) is 9.82. The maximum atomic E-state index is 12.1. The highest BCUT2D eigenvalue weighted by molar-refractivity contribution is 5.85. The molecule has 1 fully saturated rings. The maximum Gasteiger partial charge on any atom is 0.307 e. The lowest BCUT2D eigenvalue weighted by Gasteiger charge is -2.21. The van der Waals surface area contributed by atoms with Crippen molar-refractivity contribution in [3.63, 3.8) is 0 Å². The van der Waals surface area contributed by atoms with Gasteiger partial charge in [-0.1, -0.05) is 30.3 Å². The van der Waals surface area contributed by atoms with Gasteiger partial charge in [0.25, 0.3) is 0 Å². The number of carboxylic acid groups (broad SMARTS) is 1. The molecule has 116 valence electrons. The van der Waals surface area contributed by atoms with E-state index in [0.29, 0.717) is 32.6 Å². The number of hydrogen-bond acceptors (Lipinski definition) is 3. The minimum atomic E-state index is -0.766. The molecule has 5 nitrogen and oxygen atoms in total. The molecule has 1 aliphatic heterocycles. The van der Waals surface area contributed by atoms with E-state index in [0.717, 1.165) is 5.56 Å². The van der Waals surface area contributed by atoms with Crippen molar-refractivity contribution >= 4 is 24.3 Å². The van der Waals surface area contributed by atoms with E-state index in [9.17, 15) is 9.59 Å². The molecule has 1 atom stereocenters. The summed E-state index contributed by atoms with van der Waals surface area (Å²) in [5, 5.41) is 8.95. The van der Waals surface area contributed by atoms with Crippen LogP contribution in [0.5, 0.6) is 0 Å². The molecule has 0 aromatic heterocycles. The summed E-state index contributed by atoms with van der Waals surface area (Å²) < 4.78 is 0. The molecular weight excluding hydrogens is 292 g/mol. The van der Waals surface area contributed by atoms with Crippen LogP contribution in [0.2, 0.25) is 0 Å². The summed E-state index contributed by atoms with van der Waals surface area (Å²) >= 11 is 0. The van der Waals surface area contributed by atoms with Crippen LogP contribution in [0.15, 0.2) is 30.3 Å². The van der Waals surface area contributed by atoms with Crippen LogP contribution in [0.25, 0.3) is 0 Å². The molecule has 0 bridgehead atoms. The smallest absolute Gasteiger partial charge is 0.307 e. The zero-order chi connectivity index (χ0) is 14.5. The lowest BCUT2D eigenvalue weighted by Crippen LogP contribution is -2.37. The normalized spacial score (nSPS) is 18.0. The first-order valence-corrected chi connectivity index (χ1v) is 6.79. The number of nitrogens with zero attached hydrogens (tertiary/aromatic N) is 2. The second kappa shape index (κ2) is 8.00. The Hall–Kier alpha value is -1.59. The molecule has 1 amide bonds. The van der Waals surface area contributed by atoms with Gasteiger partial charge in [-0.05, 0) is 18.5 Å². The van der Waals surface area contributed by atoms with Crippen molar-refractivity contribution in [1.82, 2.24) is 9.80 Å². The highest BCUT2D eigenvalue weighted by Crippen LogP contribution is 2.16. The summed E-state index contributed by atoms with van der Waals surface area (Å²) in [6.45, 7) is 2.03. The minimum Gasteiger partial charge on any atom is -0.481 e. The van der Waals surface area contributed by atoms with Crippen molar-refractivity contribution in [3.05, 3.63) is 35.9 Å². The average molecular weight is 313 g/mol. The van der Waals surface area contributed by atoms with E-state index in [1.165, 1.54) is 0 Å². The van der Waals surface area contributed by atoms with Crippen molar-refractivity contribution in [2.75, 3.05) is 26.7 Å². The molecule has 1 heterocycles. The number of likely N-dealkylation sites (tertiary alicyclic amines) is 1. The topological polar surface area (TPSA) is 60.9 Å². The highest BCUT2D eigenvalue weighted by Gasteiger charge is 2.29. The zero-order valence-corrected chi connectivity index (χ0v) is 12.9. The predicted molar refractivity (Wildman–Crippen MR) is 82.3 cm³/mol. The van der Waals surface area contributed by atoms with Gasteiger partial charge in [-0.25, -0.2) is 0 Å². The van der Waals surface area contributed by atoms with E-state index < -0.39 is 5.97 Å². The summed E-state index contributed by atoms with van der Waals surface area (Å²) in [4.78, 5) is 26.6. The molecule has 21 heavy (non-hydrogen) atoms. The number of hydrogen-bond donors (Lipinski definition) is 1. The minimum absolute atomic E-state index is 0. The molecule has 0 aliphatic carbocycles. The van der Waals surface area contributed by atoms with Crippen LogP contribution in [-0.4, -0.2) is 53.5 Å². The molecule has 1 unspecified atom stereocenters. The Kier molecular flexibility index (Phi) is 6.65. The maximum absolute atomic E-state index is 12.1. The van der Waals surface area contributed by atoms with Crippen molar-refractivity contribution in [2.45, 2.75) is 13.0 Å². The molecule has 0 radical (unpaired) electrons. The van der Waals surface area contributed by atoms with Gasteiger partial charge in [-0.15, -0.1) is 12.4 Å². The Morgan fingerprint density at radius 3 is 2.57 bits per heavy atom.